The molecule has 5 nitrogen and oxygen atoms in total. The lowest BCUT2D eigenvalue weighted by Crippen LogP contribution is -2.57. The third-order valence-electron chi connectivity index (χ3n) is 3.49. The van der Waals surface area contributed by atoms with Crippen molar-refractivity contribution in [2.45, 2.75) is 51.6 Å². The van der Waals surface area contributed by atoms with E-state index < -0.39 is 11.5 Å². The minimum absolute atomic E-state index is 0.0413. The molecule has 17 heavy (non-hydrogen) atoms. The van der Waals surface area contributed by atoms with Gasteiger partial charge in [0.25, 0.3) is 0 Å². The summed E-state index contributed by atoms with van der Waals surface area (Å²) in [5.41, 5.74) is 5.23. The number of carbonyl (C=O) groups is 2. The summed E-state index contributed by atoms with van der Waals surface area (Å²) in [6.07, 6.45) is 1.94. The fourth-order valence-electron chi connectivity index (χ4n) is 2.19. The third kappa shape index (κ3) is 3.19. The lowest BCUT2D eigenvalue weighted by atomic mass is 9.94. The summed E-state index contributed by atoms with van der Waals surface area (Å²) in [5, 5.41) is 8.77. The van der Waals surface area contributed by atoms with Gasteiger partial charge in [-0.15, -0.1) is 0 Å². The second-order valence-corrected chi connectivity index (χ2v) is 5.10. The number of carboxylic acids is 1. The molecule has 1 aliphatic rings. The minimum atomic E-state index is -0.895. The molecule has 0 aromatic heterocycles. The molecule has 0 radical (unpaired) electrons. The van der Waals surface area contributed by atoms with Crippen LogP contribution in [0.5, 0.6) is 0 Å². The summed E-state index contributed by atoms with van der Waals surface area (Å²) in [4.78, 5) is 24.6. The van der Waals surface area contributed by atoms with E-state index in [2.05, 4.69) is 0 Å². The van der Waals surface area contributed by atoms with Crippen molar-refractivity contribution >= 4 is 11.9 Å². The van der Waals surface area contributed by atoms with Gasteiger partial charge in [0.15, 0.2) is 0 Å². The van der Waals surface area contributed by atoms with Gasteiger partial charge in [-0.3, -0.25) is 9.59 Å². The van der Waals surface area contributed by atoms with Crippen molar-refractivity contribution in [3.63, 3.8) is 0 Å². The Balaban J connectivity index is 2.72. The lowest BCUT2D eigenvalue weighted by molar-refractivity contribution is -0.143. The van der Waals surface area contributed by atoms with Crippen molar-refractivity contribution in [1.82, 2.24) is 4.90 Å². The number of hydrogen-bond donors (Lipinski definition) is 2. The molecule has 2 atom stereocenters. The topological polar surface area (TPSA) is 83.6 Å². The summed E-state index contributed by atoms with van der Waals surface area (Å²) in [5.74, 6) is -0.772. The van der Waals surface area contributed by atoms with Crippen LogP contribution in [0.15, 0.2) is 0 Å². The number of nitrogens with zero attached hydrogens (tertiary/aromatic N) is 1. The first-order valence-corrected chi connectivity index (χ1v) is 6.12. The van der Waals surface area contributed by atoms with Crippen LogP contribution in [0.2, 0.25) is 0 Å². The average molecular weight is 242 g/mol. The summed E-state index contributed by atoms with van der Waals surface area (Å²) in [7, 11) is 0. The van der Waals surface area contributed by atoms with E-state index in [1.54, 1.807) is 18.7 Å². The van der Waals surface area contributed by atoms with Crippen molar-refractivity contribution in [2.24, 2.45) is 11.7 Å². The summed E-state index contributed by atoms with van der Waals surface area (Å²) < 4.78 is 0. The van der Waals surface area contributed by atoms with Crippen molar-refractivity contribution in [2.75, 3.05) is 6.54 Å². The maximum absolute atomic E-state index is 12.3. The highest BCUT2D eigenvalue weighted by atomic mass is 16.4. The molecule has 98 valence electrons. The highest BCUT2D eigenvalue weighted by Gasteiger charge is 2.46. The number of carboxylic acid groups (broad SMARTS) is 1. The van der Waals surface area contributed by atoms with Crippen molar-refractivity contribution in [3.8, 4) is 0 Å². The molecule has 5 heteroatoms. The molecule has 0 saturated heterocycles. The monoisotopic (exact) mass is 242 g/mol. The second kappa shape index (κ2) is 5.04. The van der Waals surface area contributed by atoms with Crippen molar-refractivity contribution in [3.05, 3.63) is 0 Å². The van der Waals surface area contributed by atoms with Gasteiger partial charge in [-0.2, -0.15) is 0 Å². The Bertz CT molecular complexity index is 311. The molecule has 1 fully saturated rings. The van der Waals surface area contributed by atoms with Crippen molar-refractivity contribution in [1.29, 1.82) is 0 Å². The first-order valence-electron chi connectivity index (χ1n) is 6.12. The standard InChI is InChI=1S/C12H22N2O3/c1-4-14(8(2)7-10(15)16)11(17)12(3,13)9-5-6-9/h8-9H,4-7,13H2,1-3H3,(H,15,16). The Kier molecular flexibility index (Phi) is 4.14. The molecule has 0 aliphatic heterocycles. The number of amides is 1. The van der Waals surface area contributed by atoms with E-state index in [-0.39, 0.29) is 24.3 Å². The molecule has 0 spiro atoms. The first kappa shape index (κ1) is 14.0. The van der Waals surface area contributed by atoms with Gasteiger partial charge in [0.05, 0.1) is 12.0 Å². The molecule has 0 aromatic carbocycles. The number of hydrogen-bond acceptors (Lipinski definition) is 3. The SMILES string of the molecule is CCN(C(=O)C(C)(N)C1CC1)C(C)CC(=O)O. The molecule has 0 heterocycles. The van der Waals surface area contributed by atoms with Crippen LogP contribution in [0.1, 0.15) is 40.0 Å². The van der Waals surface area contributed by atoms with Gasteiger partial charge in [-0.1, -0.05) is 0 Å². The van der Waals surface area contributed by atoms with Gasteiger partial charge >= 0.3 is 5.97 Å². The van der Waals surface area contributed by atoms with Crippen LogP contribution in [-0.2, 0) is 9.59 Å². The molecule has 1 saturated carbocycles. The van der Waals surface area contributed by atoms with E-state index in [0.717, 1.165) is 12.8 Å². The highest BCUT2D eigenvalue weighted by molar-refractivity contribution is 5.87. The van der Waals surface area contributed by atoms with Crippen LogP contribution in [0.3, 0.4) is 0 Å². The highest BCUT2D eigenvalue weighted by Crippen LogP contribution is 2.39. The van der Waals surface area contributed by atoms with Gasteiger partial charge in [0.1, 0.15) is 0 Å². The minimum Gasteiger partial charge on any atom is -0.481 e. The van der Waals surface area contributed by atoms with E-state index in [9.17, 15) is 9.59 Å². The fourth-order valence-corrected chi connectivity index (χ4v) is 2.19. The van der Waals surface area contributed by atoms with Gasteiger partial charge < -0.3 is 15.7 Å². The van der Waals surface area contributed by atoms with E-state index in [0.29, 0.717) is 6.54 Å². The number of aliphatic carboxylic acids is 1. The maximum Gasteiger partial charge on any atom is 0.305 e. The molecular weight excluding hydrogens is 220 g/mol. The zero-order valence-electron chi connectivity index (χ0n) is 10.8. The molecule has 0 bridgehead atoms. The Morgan fingerprint density at radius 3 is 2.41 bits per heavy atom. The molecule has 0 aromatic rings. The zero-order valence-corrected chi connectivity index (χ0v) is 10.8. The quantitative estimate of drug-likeness (QED) is 0.722. The van der Waals surface area contributed by atoms with E-state index >= 15 is 0 Å². The van der Waals surface area contributed by atoms with E-state index in [1.165, 1.54) is 0 Å². The van der Waals surface area contributed by atoms with Crippen LogP contribution < -0.4 is 5.73 Å². The van der Waals surface area contributed by atoms with E-state index in [4.69, 9.17) is 10.8 Å². The average Bonchev–Trinajstić information content (AvgIpc) is 3.00. The number of likely N-dealkylation sites (N-methyl/N-ethyl adjacent to an activating group) is 1. The van der Waals surface area contributed by atoms with E-state index in [1.807, 2.05) is 6.92 Å². The van der Waals surface area contributed by atoms with Crippen LogP contribution in [0.25, 0.3) is 0 Å². The molecule has 1 amide bonds. The third-order valence-corrected chi connectivity index (χ3v) is 3.49. The fraction of sp³-hybridized carbons (Fsp3) is 0.833. The first-order chi connectivity index (χ1) is 7.80. The predicted molar refractivity (Wildman–Crippen MR) is 64.4 cm³/mol. The van der Waals surface area contributed by atoms with Gasteiger partial charge in [0, 0.05) is 12.6 Å². The summed E-state index contributed by atoms with van der Waals surface area (Å²) in [6, 6.07) is -0.313. The van der Waals surface area contributed by atoms with Gasteiger partial charge in [0.2, 0.25) is 5.91 Å². The number of carbonyl (C=O) groups excluding carboxylic acids is 1. The summed E-state index contributed by atoms with van der Waals surface area (Å²) in [6.45, 7) is 5.84. The largest absolute Gasteiger partial charge is 0.481 e. The van der Waals surface area contributed by atoms with Gasteiger partial charge in [-0.05, 0) is 39.5 Å². The Morgan fingerprint density at radius 2 is 2.06 bits per heavy atom. The Morgan fingerprint density at radius 1 is 1.53 bits per heavy atom. The normalized spacial score (nSPS) is 20.5. The van der Waals surface area contributed by atoms with Crippen LogP contribution in [0, 0.1) is 5.92 Å². The molecular formula is C12H22N2O3. The van der Waals surface area contributed by atoms with Gasteiger partial charge in [-0.25, -0.2) is 0 Å². The molecule has 1 aliphatic carbocycles. The smallest absolute Gasteiger partial charge is 0.305 e. The van der Waals surface area contributed by atoms with Crippen LogP contribution in [-0.4, -0.2) is 40.0 Å². The van der Waals surface area contributed by atoms with Crippen molar-refractivity contribution < 1.29 is 14.7 Å². The molecule has 3 N–H and O–H groups in total. The predicted octanol–water partition coefficient (Wildman–Crippen LogP) is 0.825. The van der Waals surface area contributed by atoms with Crippen LogP contribution in [0.4, 0.5) is 0 Å². The summed E-state index contributed by atoms with van der Waals surface area (Å²) >= 11 is 0. The number of rotatable bonds is 6. The Labute approximate surface area is 102 Å². The van der Waals surface area contributed by atoms with Crippen LogP contribution >= 0.6 is 0 Å². The lowest BCUT2D eigenvalue weighted by Gasteiger charge is -2.34. The molecule has 1 rings (SSSR count). The zero-order chi connectivity index (χ0) is 13.2. The molecule has 2 unspecified atom stereocenters. The maximum atomic E-state index is 12.3. The number of nitrogens with two attached hydrogens (primary N) is 1. The second-order valence-electron chi connectivity index (χ2n) is 5.10. The Hall–Kier alpha value is -1.10.